The Kier molecular flexibility index (Phi) is 5.73. The largest absolute Gasteiger partial charge is 0.479 e. The van der Waals surface area contributed by atoms with Crippen molar-refractivity contribution in [1.82, 2.24) is 9.38 Å². The van der Waals surface area contributed by atoms with Crippen LogP contribution in [0.25, 0.3) is 5.65 Å². The molecular formula is C23H26N2O4. The lowest BCUT2D eigenvalue weighted by Gasteiger charge is -2.20. The van der Waals surface area contributed by atoms with Gasteiger partial charge in [-0.05, 0) is 48.6 Å². The van der Waals surface area contributed by atoms with Gasteiger partial charge in [0.25, 0.3) is 5.56 Å². The molecule has 0 N–H and O–H groups in total. The second kappa shape index (κ2) is 8.07. The number of fused-ring (bicyclic) bond motifs is 1. The van der Waals surface area contributed by atoms with E-state index in [9.17, 15) is 9.59 Å². The number of ether oxygens (including phenoxy) is 2. The fourth-order valence-electron chi connectivity index (χ4n) is 2.93. The average Bonchev–Trinajstić information content (AvgIpc) is 2.66. The monoisotopic (exact) mass is 394 g/mol. The molecule has 3 rings (SSSR count). The van der Waals surface area contributed by atoms with Gasteiger partial charge in [-0.1, -0.05) is 39.0 Å². The van der Waals surface area contributed by atoms with E-state index in [-0.39, 0.29) is 17.6 Å². The number of aryl methyl sites for hydroxylation is 1. The molecule has 0 amide bonds. The van der Waals surface area contributed by atoms with Crippen molar-refractivity contribution in [3.05, 3.63) is 75.8 Å². The highest BCUT2D eigenvalue weighted by Gasteiger charge is 2.18. The first-order valence-electron chi connectivity index (χ1n) is 9.57. The predicted molar refractivity (Wildman–Crippen MR) is 111 cm³/mol. The fraction of sp³-hybridized carbons (Fsp3) is 0.348. The smallest absolute Gasteiger partial charge is 0.347 e. The molecular weight excluding hydrogens is 368 g/mol. The summed E-state index contributed by atoms with van der Waals surface area (Å²) in [4.78, 5) is 29.0. The number of nitrogens with zero attached hydrogens (tertiary/aromatic N) is 2. The van der Waals surface area contributed by atoms with Gasteiger partial charge >= 0.3 is 5.97 Å². The van der Waals surface area contributed by atoms with Gasteiger partial charge < -0.3 is 9.47 Å². The molecule has 0 aliphatic heterocycles. The van der Waals surface area contributed by atoms with E-state index >= 15 is 0 Å². The van der Waals surface area contributed by atoms with Crippen LogP contribution in [0.3, 0.4) is 0 Å². The van der Waals surface area contributed by atoms with Crippen LogP contribution in [0.4, 0.5) is 0 Å². The number of aromatic nitrogens is 2. The van der Waals surface area contributed by atoms with Gasteiger partial charge in [-0.2, -0.15) is 0 Å². The van der Waals surface area contributed by atoms with Crippen molar-refractivity contribution in [3.8, 4) is 5.75 Å². The first-order valence-corrected chi connectivity index (χ1v) is 9.57. The molecule has 0 aliphatic carbocycles. The molecule has 2 aromatic heterocycles. The maximum Gasteiger partial charge on any atom is 0.347 e. The topological polar surface area (TPSA) is 69.9 Å². The summed E-state index contributed by atoms with van der Waals surface area (Å²) < 4.78 is 12.5. The van der Waals surface area contributed by atoms with Crippen LogP contribution in [0.15, 0.2) is 53.5 Å². The molecule has 29 heavy (non-hydrogen) atoms. The highest BCUT2D eigenvalue weighted by molar-refractivity contribution is 5.74. The summed E-state index contributed by atoms with van der Waals surface area (Å²) in [6, 6.07) is 12.7. The summed E-state index contributed by atoms with van der Waals surface area (Å²) in [6.45, 7) is 9.83. The standard InChI is InChI=1S/C23H26N2O4/c1-15-7-6-12-25-20(26)13-18(24-21(15)25)14-28-22(27)16(2)29-19-10-8-17(9-11-19)23(3,4)5/h6-13,16H,14H2,1-5H3/t16-/m0/s1. The number of carbonyl (C=O) groups excluding carboxylic acids is 1. The molecule has 6 heteroatoms. The van der Waals surface area contributed by atoms with Gasteiger partial charge in [0.15, 0.2) is 6.10 Å². The molecule has 3 aromatic rings. The molecule has 1 atom stereocenters. The first kappa shape index (κ1) is 20.6. The van der Waals surface area contributed by atoms with Crippen LogP contribution in [0.2, 0.25) is 0 Å². The first-order chi connectivity index (χ1) is 13.6. The second-order valence-electron chi connectivity index (χ2n) is 8.11. The predicted octanol–water partition coefficient (Wildman–Crippen LogP) is 3.81. The zero-order valence-electron chi connectivity index (χ0n) is 17.4. The van der Waals surface area contributed by atoms with E-state index < -0.39 is 12.1 Å². The summed E-state index contributed by atoms with van der Waals surface area (Å²) in [7, 11) is 0. The van der Waals surface area contributed by atoms with Crippen molar-refractivity contribution in [2.45, 2.75) is 52.7 Å². The number of hydrogen-bond acceptors (Lipinski definition) is 5. The van der Waals surface area contributed by atoms with Gasteiger partial charge in [0.1, 0.15) is 18.0 Å². The van der Waals surface area contributed by atoms with Gasteiger partial charge in [-0.3, -0.25) is 9.20 Å². The SMILES string of the molecule is Cc1cccn2c(=O)cc(COC(=O)[C@H](C)Oc3ccc(C(C)(C)C)cc3)nc12. The van der Waals surface area contributed by atoms with Gasteiger partial charge in [-0.25, -0.2) is 9.78 Å². The van der Waals surface area contributed by atoms with Crippen LogP contribution in [-0.2, 0) is 21.6 Å². The van der Waals surface area contributed by atoms with E-state index in [2.05, 4.69) is 25.8 Å². The van der Waals surface area contributed by atoms with Gasteiger partial charge in [-0.15, -0.1) is 0 Å². The lowest BCUT2D eigenvalue weighted by molar-refractivity contribution is -0.152. The lowest BCUT2D eigenvalue weighted by atomic mass is 9.87. The van der Waals surface area contributed by atoms with Gasteiger partial charge in [0.05, 0.1) is 5.69 Å². The summed E-state index contributed by atoms with van der Waals surface area (Å²) in [5, 5.41) is 0. The van der Waals surface area contributed by atoms with E-state index in [1.807, 2.05) is 37.3 Å². The normalized spacial score (nSPS) is 12.6. The van der Waals surface area contributed by atoms with Gasteiger partial charge in [0, 0.05) is 12.3 Å². The number of carbonyl (C=O) groups is 1. The molecule has 152 valence electrons. The highest BCUT2D eigenvalue weighted by Crippen LogP contribution is 2.24. The maximum atomic E-state index is 12.3. The Bertz CT molecular complexity index is 1080. The number of esters is 1. The molecule has 0 fully saturated rings. The fourth-order valence-corrected chi connectivity index (χ4v) is 2.93. The zero-order valence-corrected chi connectivity index (χ0v) is 17.4. The maximum absolute atomic E-state index is 12.3. The molecule has 0 spiro atoms. The molecule has 0 unspecified atom stereocenters. The molecule has 0 saturated carbocycles. The summed E-state index contributed by atoms with van der Waals surface area (Å²) in [5.74, 6) is 0.0804. The quantitative estimate of drug-likeness (QED) is 0.616. The van der Waals surface area contributed by atoms with E-state index in [4.69, 9.17) is 9.47 Å². The van der Waals surface area contributed by atoms with Crippen molar-refractivity contribution < 1.29 is 14.3 Å². The van der Waals surface area contributed by atoms with Crippen molar-refractivity contribution >= 4 is 11.6 Å². The number of pyridine rings is 1. The minimum absolute atomic E-state index is 0.0486. The Morgan fingerprint density at radius 2 is 1.86 bits per heavy atom. The molecule has 2 heterocycles. The Morgan fingerprint density at radius 1 is 1.17 bits per heavy atom. The van der Waals surface area contributed by atoms with Crippen LogP contribution >= 0.6 is 0 Å². The number of hydrogen-bond donors (Lipinski definition) is 0. The summed E-state index contributed by atoms with van der Waals surface area (Å²) in [5.41, 5.74) is 2.84. The van der Waals surface area contributed by atoms with E-state index in [0.717, 1.165) is 5.56 Å². The Balaban J connectivity index is 1.64. The van der Waals surface area contributed by atoms with E-state index in [1.165, 1.54) is 16.0 Å². The molecule has 0 saturated heterocycles. The summed E-state index contributed by atoms with van der Waals surface area (Å²) >= 11 is 0. The van der Waals surface area contributed by atoms with Gasteiger partial charge in [0.2, 0.25) is 0 Å². The minimum Gasteiger partial charge on any atom is -0.479 e. The van der Waals surface area contributed by atoms with E-state index in [0.29, 0.717) is 17.1 Å². The van der Waals surface area contributed by atoms with Crippen LogP contribution in [-0.4, -0.2) is 21.5 Å². The lowest BCUT2D eigenvalue weighted by Crippen LogP contribution is -2.26. The molecule has 0 bridgehead atoms. The van der Waals surface area contributed by atoms with Crippen molar-refractivity contribution in [2.24, 2.45) is 0 Å². The summed E-state index contributed by atoms with van der Waals surface area (Å²) in [6.07, 6.45) is 0.882. The Hall–Kier alpha value is -3.15. The third kappa shape index (κ3) is 4.83. The Morgan fingerprint density at radius 3 is 2.52 bits per heavy atom. The van der Waals surface area contributed by atoms with Crippen molar-refractivity contribution in [2.75, 3.05) is 0 Å². The minimum atomic E-state index is -0.779. The number of rotatable bonds is 5. The second-order valence-corrected chi connectivity index (χ2v) is 8.11. The molecule has 0 aliphatic rings. The van der Waals surface area contributed by atoms with Crippen LogP contribution < -0.4 is 10.3 Å². The Labute approximate surface area is 170 Å². The number of benzene rings is 1. The molecule has 1 aromatic carbocycles. The van der Waals surface area contributed by atoms with Crippen LogP contribution in [0, 0.1) is 6.92 Å². The van der Waals surface area contributed by atoms with Crippen molar-refractivity contribution in [1.29, 1.82) is 0 Å². The van der Waals surface area contributed by atoms with Crippen LogP contribution in [0.1, 0.15) is 44.5 Å². The zero-order chi connectivity index (χ0) is 21.2. The van der Waals surface area contributed by atoms with E-state index in [1.54, 1.807) is 19.2 Å². The van der Waals surface area contributed by atoms with Crippen molar-refractivity contribution in [3.63, 3.8) is 0 Å². The molecule has 6 nitrogen and oxygen atoms in total. The third-order valence-corrected chi connectivity index (χ3v) is 4.67. The third-order valence-electron chi connectivity index (χ3n) is 4.67. The highest BCUT2D eigenvalue weighted by atomic mass is 16.6. The molecule has 0 radical (unpaired) electrons. The van der Waals surface area contributed by atoms with Crippen LogP contribution in [0.5, 0.6) is 5.75 Å². The average molecular weight is 394 g/mol.